The summed E-state index contributed by atoms with van der Waals surface area (Å²) < 4.78 is 1.88. The van der Waals surface area contributed by atoms with Crippen molar-refractivity contribution in [1.29, 1.82) is 0 Å². The summed E-state index contributed by atoms with van der Waals surface area (Å²) in [5, 5.41) is 19.4. The van der Waals surface area contributed by atoms with Gasteiger partial charge >= 0.3 is 6.03 Å². The lowest BCUT2D eigenvalue weighted by atomic mass is 9.89. The maximum atomic E-state index is 11.9. The summed E-state index contributed by atoms with van der Waals surface area (Å²) in [6.45, 7) is 10.9. The molecule has 6 heteroatoms. The second kappa shape index (κ2) is 8.34. The molecule has 1 unspecified atom stereocenters. The third kappa shape index (κ3) is 6.22. The first kappa shape index (κ1) is 19.5. The van der Waals surface area contributed by atoms with Crippen molar-refractivity contribution in [3.05, 3.63) is 17.0 Å². The Morgan fingerprint density at radius 2 is 2.04 bits per heavy atom. The van der Waals surface area contributed by atoms with E-state index in [-0.39, 0.29) is 24.1 Å². The van der Waals surface area contributed by atoms with Gasteiger partial charge in [0.15, 0.2) is 0 Å². The summed E-state index contributed by atoms with van der Waals surface area (Å²) in [5.41, 5.74) is 3.28. The largest absolute Gasteiger partial charge is 0.396 e. The number of hydrogen-bond donors (Lipinski definition) is 3. The molecule has 0 aliphatic carbocycles. The standard InChI is InChI=1S/C17H32N4O2/c1-12(10-15-13(2)20-21(6)14(15)3)19-16(23)18-9-7-8-17(4,5)11-22/h12,22H,7-11H2,1-6H3,(H2,18,19,23). The van der Waals surface area contributed by atoms with Crippen molar-refractivity contribution < 1.29 is 9.90 Å². The van der Waals surface area contributed by atoms with Crippen molar-refractivity contribution in [1.82, 2.24) is 20.4 Å². The SMILES string of the molecule is Cc1nn(C)c(C)c1CC(C)NC(=O)NCCCC(C)(C)CO. The minimum atomic E-state index is -0.140. The average Bonchev–Trinajstić information content (AvgIpc) is 2.70. The van der Waals surface area contributed by atoms with Gasteiger partial charge in [0.05, 0.1) is 5.69 Å². The molecule has 3 N–H and O–H groups in total. The molecular formula is C17H32N4O2. The molecular weight excluding hydrogens is 292 g/mol. The van der Waals surface area contributed by atoms with E-state index < -0.39 is 0 Å². The number of nitrogens with one attached hydrogen (secondary N) is 2. The van der Waals surface area contributed by atoms with Crippen LogP contribution in [0, 0.1) is 19.3 Å². The van der Waals surface area contributed by atoms with E-state index in [2.05, 4.69) is 15.7 Å². The van der Waals surface area contributed by atoms with Gasteiger partial charge in [-0.3, -0.25) is 4.68 Å². The van der Waals surface area contributed by atoms with Crippen LogP contribution in [0.2, 0.25) is 0 Å². The van der Waals surface area contributed by atoms with Crippen molar-refractivity contribution in [2.45, 2.75) is 59.9 Å². The molecule has 6 nitrogen and oxygen atoms in total. The lowest BCUT2D eigenvalue weighted by Gasteiger charge is -2.21. The first-order valence-corrected chi connectivity index (χ1v) is 8.30. The molecule has 0 aliphatic rings. The third-order valence-corrected chi connectivity index (χ3v) is 4.29. The lowest BCUT2D eigenvalue weighted by Crippen LogP contribution is -2.42. The summed E-state index contributed by atoms with van der Waals surface area (Å²) in [7, 11) is 1.94. The predicted octanol–water partition coefficient (Wildman–Crippen LogP) is 2.07. The lowest BCUT2D eigenvalue weighted by molar-refractivity contribution is 0.148. The van der Waals surface area contributed by atoms with E-state index in [0.29, 0.717) is 6.54 Å². The van der Waals surface area contributed by atoms with Crippen LogP contribution in [0.25, 0.3) is 0 Å². The summed E-state index contributed by atoms with van der Waals surface area (Å²) in [6.07, 6.45) is 2.51. The fourth-order valence-electron chi connectivity index (χ4n) is 2.59. The minimum Gasteiger partial charge on any atom is -0.396 e. The van der Waals surface area contributed by atoms with E-state index >= 15 is 0 Å². The number of carbonyl (C=O) groups is 1. The second-order valence-electron chi connectivity index (χ2n) is 7.20. The zero-order chi connectivity index (χ0) is 17.6. The molecule has 0 radical (unpaired) electrons. The zero-order valence-corrected chi connectivity index (χ0v) is 15.4. The maximum absolute atomic E-state index is 11.9. The van der Waals surface area contributed by atoms with Crippen LogP contribution in [0.4, 0.5) is 4.79 Å². The Kier molecular flexibility index (Phi) is 7.06. The predicted molar refractivity (Wildman–Crippen MR) is 92.5 cm³/mol. The average molecular weight is 324 g/mol. The van der Waals surface area contributed by atoms with E-state index in [1.54, 1.807) is 0 Å². The number of hydrogen-bond acceptors (Lipinski definition) is 3. The van der Waals surface area contributed by atoms with E-state index in [0.717, 1.165) is 30.7 Å². The highest BCUT2D eigenvalue weighted by molar-refractivity contribution is 5.74. The van der Waals surface area contributed by atoms with Gasteiger partial charge in [-0.25, -0.2) is 4.79 Å². The molecule has 0 bridgehead atoms. The number of carbonyl (C=O) groups excluding carboxylic acids is 1. The Morgan fingerprint density at radius 1 is 1.39 bits per heavy atom. The topological polar surface area (TPSA) is 79.2 Å². The molecule has 0 fully saturated rings. The molecule has 1 aromatic rings. The minimum absolute atomic E-state index is 0.0467. The van der Waals surface area contributed by atoms with E-state index in [1.165, 1.54) is 5.56 Å². The van der Waals surface area contributed by atoms with Gasteiger partial charge in [-0.05, 0) is 51.0 Å². The van der Waals surface area contributed by atoms with Gasteiger partial charge in [0.25, 0.3) is 0 Å². The summed E-state index contributed by atoms with van der Waals surface area (Å²) in [4.78, 5) is 11.9. The van der Waals surface area contributed by atoms with E-state index in [4.69, 9.17) is 0 Å². The van der Waals surface area contributed by atoms with Crippen molar-refractivity contribution in [2.75, 3.05) is 13.2 Å². The molecule has 132 valence electrons. The number of amides is 2. The Bertz CT molecular complexity index is 523. The Balaban J connectivity index is 2.34. The molecule has 0 spiro atoms. The van der Waals surface area contributed by atoms with Crippen molar-refractivity contribution in [3.8, 4) is 0 Å². The zero-order valence-electron chi connectivity index (χ0n) is 15.4. The van der Waals surface area contributed by atoms with Crippen LogP contribution >= 0.6 is 0 Å². The van der Waals surface area contributed by atoms with Crippen molar-refractivity contribution in [3.63, 3.8) is 0 Å². The highest BCUT2D eigenvalue weighted by Crippen LogP contribution is 2.20. The van der Waals surface area contributed by atoms with Crippen LogP contribution in [-0.4, -0.2) is 40.1 Å². The molecule has 1 rings (SSSR count). The summed E-state index contributed by atoms with van der Waals surface area (Å²) in [5.74, 6) is 0. The van der Waals surface area contributed by atoms with E-state index in [9.17, 15) is 9.90 Å². The molecule has 0 saturated heterocycles. The smallest absolute Gasteiger partial charge is 0.315 e. The number of aromatic nitrogens is 2. The Labute approximate surface area is 139 Å². The van der Waals surface area contributed by atoms with Crippen molar-refractivity contribution >= 4 is 6.03 Å². The number of aryl methyl sites for hydroxylation is 2. The quantitative estimate of drug-likeness (QED) is 0.641. The first-order valence-electron chi connectivity index (χ1n) is 8.30. The van der Waals surface area contributed by atoms with Crippen LogP contribution in [0.15, 0.2) is 0 Å². The summed E-state index contributed by atoms with van der Waals surface area (Å²) >= 11 is 0. The van der Waals surface area contributed by atoms with Crippen LogP contribution in [0.1, 0.15) is 50.6 Å². The fraction of sp³-hybridized carbons (Fsp3) is 0.765. The fourth-order valence-corrected chi connectivity index (χ4v) is 2.59. The summed E-state index contributed by atoms with van der Waals surface area (Å²) in [6, 6.07) is -0.0935. The number of aliphatic hydroxyl groups excluding tert-OH is 1. The van der Waals surface area contributed by atoms with Gasteiger partial charge in [0.1, 0.15) is 0 Å². The first-order chi connectivity index (χ1) is 10.7. The van der Waals surface area contributed by atoms with Gasteiger partial charge in [0.2, 0.25) is 0 Å². The van der Waals surface area contributed by atoms with E-state index in [1.807, 2.05) is 46.3 Å². The molecule has 1 aromatic heterocycles. The Morgan fingerprint density at radius 3 is 2.57 bits per heavy atom. The normalized spacial score (nSPS) is 13.0. The monoisotopic (exact) mass is 324 g/mol. The number of aliphatic hydroxyl groups is 1. The van der Waals surface area contributed by atoms with Crippen LogP contribution < -0.4 is 10.6 Å². The van der Waals surface area contributed by atoms with Crippen molar-refractivity contribution in [2.24, 2.45) is 12.5 Å². The molecule has 0 saturated carbocycles. The molecule has 0 aliphatic heterocycles. The molecule has 1 atom stereocenters. The highest BCUT2D eigenvalue weighted by atomic mass is 16.3. The molecule has 2 amide bonds. The second-order valence-corrected chi connectivity index (χ2v) is 7.20. The van der Waals surface area contributed by atoms with Gasteiger partial charge in [-0.1, -0.05) is 13.8 Å². The highest BCUT2D eigenvalue weighted by Gasteiger charge is 2.16. The maximum Gasteiger partial charge on any atom is 0.315 e. The van der Waals surface area contributed by atoms with Gasteiger partial charge in [-0.2, -0.15) is 5.10 Å². The van der Waals surface area contributed by atoms with Crippen LogP contribution in [0.5, 0.6) is 0 Å². The number of nitrogens with zero attached hydrogens (tertiary/aromatic N) is 2. The van der Waals surface area contributed by atoms with Crippen LogP contribution in [-0.2, 0) is 13.5 Å². The van der Waals surface area contributed by atoms with Crippen LogP contribution in [0.3, 0.4) is 0 Å². The molecule has 0 aromatic carbocycles. The molecule has 23 heavy (non-hydrogen) atoms. The molecule has 1 heterocycles. The van der Waals surface area contributed by atoms with Gasteiger partial charge in [0, 0.05) is 31.9 Å². The number of rotatable bonds is 8. The number of urea groups is 1. The third-order valence-electron chi connectivity index (χ3n) is 4.29. The van der Waals surface area contributed by atoms with Gasteiger partial charge < -0.3 is 15.7 Å². The van der Waals surface area contributed by atoms with Gasteiger partial charge in [-0.15, -0.1) is 0 Å². The Hall–Kier alpha value is -1.56.